The molecule has 7 nitrogen and oxygen atoms in total. The summed E-state index contributed by atoms with van der Waals surface area (Å²) in [7, 11) is 0. The summed E-state index contributed by atoms with van der Waals surface area (Å²) in [4.78, 5) is 26.0. The fourth-order valence-corrected chi connectivity index (χ4v) is 8.58. The van der Waals surface area contributed by atoms with Crippen LogP contribution in [0.5, 0.6) is 0 Å². The van der Waals surface area contributed by atoms with E-state index in [2.05, 4.69) is 145 Å². The van der Waals surface area contributed by atoms with E-state index in [0.29, 0.717) is 17.5 Å². The highest BCUT2D eigenvalue weighted by Gasteiger charge is 2.18. The van der Waals surface area contributed by atoms with Gasteiger partial charge in [-0.25, -0.2) is 4.98 Å². The first-order valence-electron chi connectivity index (χ1n) is 20.5. The topological polar surface area (TPSA) is 82.3 Å². The molecule has 0 aliphatic rings. The Balaban J connectivity index is 0.000000202. The van der Waals surface area contributed by atoms with Gasteiger partial charge in [0.25, 0.3) is 0 Å². The molecule has 0 radical (unpaired) electrons. The highest BCUT2D eigenvalue weighted by molar-refractivity contribution is 6.31. The van der Waals surface area contributed by atoms with Crippen LogP contribution >= 0.6 is 34.8 Å². The first-order valence-corrected chi connectivity index (χ1v) is 21.6. The SMILES string of the molecule is Clc1nc(-c2ccc(-c3cccc4c3c3ccccc3n4-c3ccccc3)cc2)nc(-c2ccccc2-c2ccccc2)n1.Clc1nc(Cl)nc(-c2ccccc2-c2ccccc2)n1. The van der Waals surface area contributed by atoms with E-state index in [0.717, 1.165) is 50.2 Å². The average Bonchev–Trinajstić information content (AvgIpc) is 3.69. The maximum Gasteiger partial charge on any atom is 0.227 e. The van der Waals surface area contributed by atoms with Gasteiger partial charge in [-0.05, 0) is 92.4 Å². The third-order valence-electron chi connectivity index (χ3n) is 10.9. The Hall–Kier alpha value is -7.55. The molecule has 64 heavy (non-hydrogen) atoms. The second-order valence-electron chi connectivity index (χ2n) is 14.7. The van der Waals surface area contributed by atoms with Crippen LogP contribution in [-0.4, -0.2) is 34.5 Å². The number of halogens is 3. The molecule has 10 heteroatoms. The van der Waals surface area contributed by atoms with Gasteiger partial charge >= 0.3 is 0 Å². The van der Waals surface area contributed by atoms with Crippen LogP contribution in [0.15, 0.2) is 206 Å². The summed E-state index contributed by atoms with van der Waals surface area (Å²) in [6.07, 6.45) is 0. The standard InChI is InChI=1S/C39H25ClN4.C15H9Cl2N3/c40-39-42-37(41-38(43-39)32-17-8-7-16-30(32)26-12-3-1-4-13-26)28-24-22-27(23-25-28)31-19-11-21-35-36(31)33-18-9-10-20-34(33)44(35)29-14-5-2-6-15-29;16-14-18-13(19-15(17)20-14)12-9-5-4-8-11(12)10-6-2-1-3-7-10/h1-25H;1-9H. The third-order valence-corrected chi connectivity index (χ3v) is 11.4. The molecule has 3 heterocycles. The molecule has 0 saturated heterocycles. The minimum atomic E-state index is 0.0860. The summed E-state index contributed by atoms with van der Waals surface area (Å²) in [5.41, 5.74) is 12.7. The Morgan fingerprint density at radius 2 is 0.688 bits per heavy atom. The molecule has 0 saturated carbocycles. The first kappa shape index (κ1) is 40.5. The predicted octanol–water partition coefficient (Wildman–Crippen LogP) is 14.8. The van der Waals surface area contributed by atoms with Crippen LogP contribution in [0.25, 0.3) is 95.0 Å². The predicted molar refractivity (Wildman–Crippen MR) is 262 cm³/mol. The molecule has 0 bridgehead atoms. The van der Waals surface area contributed by atoms with Crippen LogP contribution in [-0.2, 0) is 0 Å². The summed E-state index contributed by atoms with van der Waals surface area (Å²) in [5, 5.41) is 2.78. The molecule has 8 aromatic carbocycles. The van der Waals surface area contributed by atoms with Crippen LogP contribution in [0.4, 0.5) is 0 Å². The van der Waals surface area contributed by atoms with Crippen molar-refractivity contribution in [3.63, 3.8) is 0 Å². The molecule has 3 aromatic heterocycles. The Morgan fingerprint density at radius 3 is 1.28 bits per heavy atom. The zero-order valence-corrected chi connectivity index (χ0v) is 36.2. The van der Waals surface area contributed by atoms with Gasteiger partial charge in [0, 0.05) is 33.2 Å². The molecule has 0 unspecified atom stereocenters. The lowest BCUT2D eigenvalue weighted by Crippen LogP contribution is -1.98. The van der Waals surface area contributed by atoms with E-state index in [1.807, 2.05) is 91.0 Å². The molecular weight excluding hydrogens is 853 g/mol. The molecule has 0 fully saturated rings. The molecule has 11 rings (SSSR count). The van der Waals surface area contributed by atoms with Crippen LogP contribution < -0.4 is 0 Å². The van der Waals surface area contributed by atoms with E-state index in [1.165, 1.54) is 27.4 Å². The molecular formula is C54H34Cl3N7. The number of rotatable bonds is 7. The van der Waals surface area contributed by atoms with Crippen molar-refractivity contribution in [3.8, 4) is 73.2 Å². The highest BCUT2D eigenvalue weighted by Crippen LogP contribution is 2.39. The Kier molecular flexibility index (Phi) is 11.4. The third kappa shape index (κ3) is 8.23. The van der Waals surface area contributed by atoms with Crippen LogP contribution in [0, 0.1) is 0 Å². The van der Waals surface area contributed by atoms with Crippen molar-refractivity contribution >= 4 is 56.6 Å². The molecule has 0 amide bonds. The molecule has 306 valence electrons. The largest absolute Gasteiger partial charge is 0.309 e. The number of para-hydroxylation sites is 2. The van der Waals surface area contributed by atoms with E-state index >= 15 is 0 Å². The zero-order valence-electron chi connectivity index (χ0n) is 33.9. The molecule has 11 aromatic rings. The maximum atomic E-state index is 6.48. The van der Waals surface area contributed by atoms with Crippen molar-refractivity contribution in [2.75, 3.05) is 0 Å². The van der Waals surface area contributed by atoms with Crippen molar-refractivity contribution in [1.29, 1.82) is 0 Å². The van der Waals surface area contributed by atoms with Crippen molar-refractivity contribution in [2.45, 2.75) is 0 Å². The summed E-state index contributed by atoms with van der Waals surface area (Å²) >= 11 is 18.2. The number of aromatic nitrogens is 7. The van der Waals surface area contributed by atoms with Gasteiger partial charge in [0.2, 0.25) is 15.9 Å². The number of fused-ring (bicyclic) bond motifs is 3. The Morgan fingerprint density at radius 1 is 0.281 bits per heavy atom. The van der Waals surface area contributed by atoms with Crippen molar-refractivity contribution in [3.05, 3.63) is 222 Å². The molecule has 0 spiro atoms. The summed E-state index contributed by atoms with van der Waals surface area (Å²) in [5.74, 6) is 1.55. The maximum absolute atomic E-state index is 6.48. The molecule has 0 atom stereocenters. The fourth-order valence-electron chi connectivity index (χ4n) is 8.06. The Labute approximate surface area is 384 Å². The number of hydrogen-bond acceptors (Lipinski definition) is 6. The van der Waals surface area contributed by atoms with Gasteiger partial charge in [-0.15, -0.1) is 0 Å². The van der Waals surface area contributed by atoms with E-state index < -0.39 is 0 Å². The second kappa shape index (κ2) is 18.0. The molecule has 0 aliphatic carbocycles. The smallest absolute Gasteiger partial charge is 0.227 e. The quantitative estimate of drug-likeness (QED) is 0.159. The summed E-state index contributed by atoms with van der Waals surface area (Å²) in [6, 6.07) is 70.2. The average molecular weight is 887 g/mol. The summed E-state index contributed by atoms with van der Waals surface area (Å²) < 4.78 is 2.34. The van der Waals surface area contributed by atoms with Gasteiger partial charge in [0.15, 0.2) is 17.5 Å². The number of benzene rings is 8. The van der Waals surface area contributed by atoms with E-state index in [4.69, 9.17) is 39.8 Å². The number of nitrogens with zero attached hydrogens (tertiary/aromatic N) is 7. The van der Waals surface area contributed by atoms with E-state index in [9.17, 15) is 0 Å². The molecule has 0 N–H and O–H groups in total. The summed E-state index contributed by atoms with van der Waals surface area (Å²) in [6.45, 7) is 0. The van der Waals surface area contributed by atoms with Gasteiger partial charge < -0.3 is 4.57 Å². The minimum absolute atomic E-state index is 0.0860. The monoisotopic (exact) mass is 885 g/mol. The van der Waals surface area contributed by atoms with Gasteiger partial charge in [0.1, 0.15) is 0 Å². The van der Waals surface area contributed by atoms with E-state index in [1.54, 1.807) is 0 Å². The number of hydrogen-bond donors (Lipinski definition) is 0. The molecule has 0 aliphatic heterocycles. The minimum Gasteiger partial charge on any atom is -0.309 e. The fraction of sp³-hybridized carbons (Fsp3) is 0. The zero-order chi connectivity index (χ0) is 43.4. The van der Waals surface area contributed by atoms with Gasteiger partial charge in [-0.2, -0.15) is 24.9 Å². The van der Waals surface area contributed by atoms with Crippen molar-refractivity contribution in [2.24, 2.45) is 0 Å². The van der Waals surface area contributed by atoms with Crippen molar-refractivity contribution < 1.29 is 0 Å². The van der Waals surface area contributed by atoms with Gasteiger partial charge in [0.05, 0.1) is 11.0 Å². The van der Waals surface area contributed by atoms with Crippen molar-refractivity contribution in [1.82, 2.24) is 34.5 Å². The lowest BCUT2D eigenvalue weighted by molar-refractivity contribution is 1.06. The van der Waals surface area contributed by atoms with Gasteiger partial charge in [-0.1, -0.05) is 182 Å². The Bertz CT molecular complexity index is 3400. The second-order valence-corrected chi connectivity index (χ2v) is 15.8. The van der Waals surface area contributed by atoms with Crippen LogP contribution in [0.3, 0.4) is 0 Å². The lowest BCUT2D eigenvalue weighted by Gasteiger charge is -2.11. The van der Waals surface area contributed by atoms with E-state index in [-0.39, 0.29) is 15.9 Å². The highest BCUT2D eigenvalue weighted by atomic mass is 35.5. The first-order chi connectivity index (χ1) is 31.5. The lowest BCUT2D eigenvalue weighted by atomic mass is 9.98. The van der Waals surface area contributed by atoms with Crippen LogP contribution in [0.2, 0.25) is 15.9 Å². The normalized spacial score (nSPS) is 11.0. The van der Waals surface area contributed by atoms with Gasteiger partial charge in [-0.3, -0.25) is 0 Å². The van der Waals surface area contributed by atoms with Crippen LogP contribution in [0.1, 0.15) is 0 Å².